The largest absolute Gasteiger partial charge is 0.454 e. The number of carbonyl (C=O) groups is 2. The molecule has 2 heterocycles. The van der Waals surface area contributed by atoms with Crippen molar-refractivity contribution in [2.45, 2.75) is 6.54 Å². The van der Waals surface area contributed by atoms with Crippen LogP contribution in [-0.4, -0.2) is 37.6 Å². The van der Waals surface area contributed by atoms with E-state index < -0.39 is 0 Å². The molecule has 166 valence electrons. The topological polar surface area (TPSA) is 71.1 Å². The molecule has 33 heavy (non-hydrogen) atoms. The lowest BCUT2D eigenvalue weighted by Gasteiger charge is -2.16. The summed E-state index contributed by atoms with van der Waals surface area (Å²) in [6.45, 7) is 0.302. The second-order valence-electron chi connectivity index (χ2n) is 8.07. The molecule has 2 aliphatic rings. The predicted molar refractivity (Wildman–Crippen MR) is 126 cm³/mol. The number of fused-ring (bicyclic) bond motifs is 1. The smallest absolute Gasteiger partial charge is 0.278 e. The third kappa shape index (κ3) is 3.89. The molecule has 0 atom stereocenters. The van der Waals surface area contributed by atoms with Crippen LogP contribution in [-0.2, 0) is 16.1 Å². The lowest BCUT2D eigenvalue weighted by molar-refractivity contribution is -0.137. The Labute approximate surface area is 191 Å². The molecule has 0 aliphatic carbocycles. The van der Waals surface area contributed by atoms with Gasteiger partial charge >= 0.3 is 0 Å². The molecule has 2 amide bonds. The second kappa shape index (κ2) is 8.35. The molecule has 7 heteroatoms. The van der Waals surface area contributed by atoms with E-state index in [0.29, 0.717) is 22.6 Å². The monoisotopic (exact) mass is 441 g/mol. The molecule has 1 N–H and O–H groups in total. The van der Waals surface area contributed by atoms with Gasteiger partial charge in [0.2, 0.25) is 6.79 Å². The van der Waals surface area contributed by atoms with E-state index in [9.17, 15) is 9.59 Å². The average molecular weight is 441 g/mol. The van der Waals surface area contributed by atoms with Gasteiger partial charge in [-0.3, -0.25) is 14.5 Å². The summed E-state index contributed by atoms with van der Waals surface area (Å²) in [5.41, 5.74) is 3.87. The Kier molecular flexibility index (Phi) is 5.22. The maximum Gasteiger partial charge on any atom is 0.278 e. The van der Waals surface area contributed by atoms with E-state index in [1.165, 1.54) is 4.90 Å². The number of benzene rings is 3. The van der Waals surface area contributed by atoms with Crippen LogP contribution >= 0.6 is 0 Å². The Morgan fingerprint density at radius 1 is 0.879 bits per heavy atom. The highest BCUT2D eigenvalue weighted by molar-refractivity contribution is 6.36. The van der Waals surface area contributed by atoms with E-state index in [2.05, 4.69) is 5.32 Å². The maximum absolute atomic E-state index is 13.4. The first kappa shape index (κ1) is 20.6. The maximum atomic E-state index is 13.4. The first-order chi connectivity index (χ1) is 16.0. The number of imide groups is 1. The van der Waals surface area contributed by atoms with Gasteiger partial charge in [0.15, 0.2) is 11.5 Å². The third-order valence-corrected chi connectivity index (χ3v) is 5.66. The van der Waals surface area contributed by atoms with Gasteiger partial charge in [-0.15, -0.1) is 0 Å². The summed E-state index contributed by atoms with van der Waals surface area (Å²) in [5, 5.41) is 3.20. The van der Waals surface area contributed by atoms with E-state index in [4.69, 9.17) is 9.47 Å². The number of nitrogens with zero attached hydrogens (tertiary/aromatic N) is 2. The van der Waals surface area contributed by atoms with Gasteiger partial charge in [0.1, 0.15) is 5.70 Å². The van der Waals surface area contributed by atoms with Crippen LogP contribution in [0.4, 0.5) is 11.4 Å². The Hall–Kier alpha value is -4.26. The van der Waals surface area contributed by atoms with Crippen molar-refractivity contribution in [2.75, 3.05) is 31.1 Å². The summed E-state index contributed by atoms with van der Waals surface area (Å²) >= 11 is 0. The minimum Gasteiger partial charge on any atom is -0.454 e. The summed E-state index contributed by atoms with van der Waals surface area (Å²) in [4.78, 5) is 30.1. The number of nitrogens with one attached hydrogen (secondary N) is 1. The molecule has 0 aromatic heterocycles. The third-order valence-electron chi connectivity index (χ3n) is 5.66. The van der Waals surface area contributed by atoms with E-state index >= 15 is 0 Å². The standard InChI is InChI=1S/C26H23N3O4/c1-28(2)20-11-9-19(10-12-20)27-24-23(18-6-4-3-5-7-18)25(30)29(26(24)31)15-17-8-13-21-22(14-17)33-16-32-21/h3-14,27H,15-16H2,1-2H3. The highest BCUT2D eigenvalue weighted by Gasteiger charge is 2.39. The van der Waals surface area contributed by atoms with Crippen molar-refractivity contribution in [3.8, 4) is 11.5 Å². The molecule has 2 aliphatic heterocycles. The van der Waals surface area contributed by atoms with E-state index in [1.807, 2.05) is 79.7 Å². The minimum atomic E-state index is -0.367. The van der Waals surface area contributed by atoms with Gasteiger partial charge in [-0.05, 0) is 47.5 Å². The van der Waals surface area contributed by atoms with Crippen LogP contribution in [0, 0.1) is 0 Å². The average Bonchev–Trinajstić information content (AvgIpc) is 3.38. The molecule has 7 nitrogen and oxygen atoms in total. The first-order valence-electron chi connectivity index (χ1n) is 10.6. The van der Waals surface area contributed by atoms with Crippen molar-refractivity contribution < 1.29 is 19.1 Å². The number of carbonyl (C=O) groups excluding carboxylic acids is 2. The van der Waals surface area contributed by atoms with E-state index in [-0.39, 0.29) is 30.8 Å². The molecule has 0 radical (unpaired) electrons. The van der Waals surface area contributed by atoms with Crippen molar-refractivity contribution in [1.29, 1.82) is 0 Å². The quantitative estimate of drug-likeness (QED) is 0.586. The van der Waals surface area contributed by atoms with Crippen molar-refractivity contribution >= 4 is 28.8 Å². The summed E-state index contributed by atoms with van der Waals surface area (Å²) in [7, 11) is 3.93. The number of hydrogen-bond donors (Lipinski definition) is 1. The van der Waals surface area contributed by atoms with Crippen molar-refractivity contribution in [3.05, 3.63) is 89.6 Å². The molecule has 0 saturated carbocycles. The Bertz CT molecular complexity index is 1250. The van der Waals surface area contributed by atoms with E-state index in [0.717, 1.165) is 16.9 Å². The molecule has 0 spiro atoms. The Morgan fingerprint density at radius 2 is 1.61 bits per heavy atom. The molecule has 0 fully saturated rings. The molecule has 0 saturated heterocycles. The summed E-state index contributed by atoms with van der Waals surface area (Å²) in [6, 6.07) is 22.4. The fourth-order valence-corrected chi connectivity index (χ4v) is 3.92. The normalized spacial score (nSPS) is 14.8. The molecular formula is C26H23N3O4. The van der Waals surface area contributed by atoms with Crippen molar-refractivity contribution in [2.24, 2.45) is 0 Å². The van der Waals surface area contributed by atoms with Crippen LogP contribution in [0.15, 0.2) is 78.5 Å². The molecule has 3 aromatic rings. The molecular weight excluding hydrogens is 418 g/mol. The SMILES string of the molecule is CN(C)c1ccc(NC2=C(c3ccccc3)C(=O)N(Cc3ccc4c(c3)OCO4)C2=O)cc1. The lowest BCUT2D eigenvalue weighted by Crippen LogP contribution is -2.32. The van der Waals surface area contributed by atoms with Crippen LogP contribution in [0.3, 0.4) is 0 Å². The predicted octanol–water partition coefficient (Wildman–Crippen LogP) is 3.87. The lowest BCUT2D eigenvalue weighted by atomic mass is 10.0. The van der Waals surface area contributed by atoms with Gasteiger partial charge in [0, 0.05) is 25.5 Å². The van der Waals surface area contributed by atoms with Gasteiger partial charge in [-0.25, -0.2) is 0 Å². The van der Waals surface area contributed by atoms with Crippen molar-refractivity contribution in [3.63, 3.8) is 0 Å². The minimum absolute atomic E-state index is 0.134. The van der Waals surface area contributed by atoms with E-state index in [1.54, 1.807) is 12.1 Å². The van der Waals surface area contributed by atoms with Crippen LogP contribution in [0.5, 0.6) is 11.5 Å². The van der Waals surface area contributed by atoms with Gasteiger partial charge in [0.25, 0.3) is 11.8 Å². The van der Waals surface area contributed by atoms with Gasteiger partial charge in [-0.1, -0.05) is 36.4 Å². The summed E-state index contributed by atoms with van der Waals surface area (Å²) < 4.78 is 10.8. The van der Waals surface area contributed by atoms with Crippen LogP contribution in [0.1, 0.15) is 11.1 Å². The van der Waals surface area contributed by atoms with Crippen LogP contribution < -0.4 is 19.7 Å². The van der Waals surface area contributed by atoms with Crippen LogP contribution in [0.2, 0.25) is 0 Å². The summed E-state index contributed by atoms with van der Waals surface area (Å²) in [5.74, 6) is 0.566. The van der Waals surface area contributed by atoms with Gasteiger partial charge in [-0.2, -0.15) is 0 Å². The molecule has 0 unspecified atom stereocenters. The Balaban J connectivity index is 1.47. The molecule has 0 bridgehead atoms. The highest BCUT2D eigenvalue weighted by atomic mass is 16.7. The zero-order valence-corrected chi connectivity index (χ0v) is 18.4. The Morgan fingerprint density at radius 3 is 2.33 bits per heavy atom. The number of ether oxygens (including phenoxy) is 2. The first-order valence-corrected chi connectivity index (χ1v) is 10.6. The second-order valence-corrected chi connectivity index (χ2v) is 8.07. The zero-order valence-electron chi connectivity index (χ0n) is 18.4. The number of anilines is 2. The molecule has 5 rings (SSSR count). The van der Waals surface area contributed by atoms with Gasteiger partial charge in [0.05, 0.1) is 12.1 Å². The summed E-state index contributed by atoms with van der Waals surface area (Å²) in [6.07, 6.45) is 0. The number of amides is 2. The highest BCUT2D eigenvalue weighted by Crippen LogP contribution is 2.35. The van der Waals surface area contributed by atoms with Crippen molar-refractivity contribution in [1.82, 2.24) is 4.90 Å². The fourth-order valence-electron chi connectivity index (χ4n) is 3.92. The number of hydrogen-bond acceptors (Lipinski definition) is 6. The van der Waals surface area contributed by atoms with Gasteiger partial charge < -0.3 is 19.7 Å². The fraction of sp³-hybridized carbons (Fsp3) is 0.154. The molecule has 3 aromatic carbocycles. The number of rotatable bonds is 6. The van der Waals surface area contributed by atoms with Crippen LogP contribution in [0.25, 0.3) is 5.57 Å². The zero-order chi connectivity index (χ0) is 22.9.